The molecule has 146 valence electrons. The van der Waals surface area contributed by atoms with Crippen LogP contribution in [0.4, 0.5) is 4.79 Å². The third kappa shape index (κ3) is 3.73. The molecule has 27 heavy (non-hydrogen) atoms. The van der Waals surface area contributed by atoms with E-state index in [9.17, 15) is 4.79 Å². The molecule has 1 aliphatic heterocycles. The zero-order valence-electron chi connectivity index (χ0n) is 16.4. The number of benzene rings is 1. The Kier molecular flexibility index (Phi) is 4.85. The minimum Gasteiger partial charge on any atom is -0.335 e. The third-order valence-corrected chi connectivity index (χ3v) is 7.74. The fourth-order valence-corrected chi connectivity index (χ4v) is 6.50. The van der Waals surface area contributed by atoms with Crippen molar-refractivity contribution in [1.82, 2.24) is 15.1 Å². The summed E-state index contributed by atoms with van der Waals surface area (Å²) in [5.41, 5.74) is 1.40. The van der Waals surface area contributed by atoms with Crippen LogP contribution < -0.4 is 5.32 Å². The van der Waals surface area contributed by atoms with E-state index in [1.807, 2.05) is 0 Å². The molecule has 2 amide bonds. The first-order chi connectivity index (χ1) is 13.2. The lowest BCUT2D eigenvalue weighted by Crippen LogP contribution is -2.60. The maximum absolute atomic E-state index is 12.9. The molecule has 0 unspecified atom stereocenters. The predicted molar refractivity (Wildman–Crippen MR) is 108 cm³/mol. The van der Waals surface area contributed by atoms with E-state index in [0.717, 1.165) is 62.8 Å². The van der Waals surface area contributed by atoms with Crippen LogP contribution >= 0.6 is 0 Å². The predicted octanol–water partition coefficient (Wildman–Crippen LogP) is 3.38. The summed E-state index contributed by atoms with van der Waals surface area (Å²) in [5.74, 6) is 3.46. The number of carbonyl (C=O) groups is 1. The molecule has 1 saturated heterocycles. The molecule has 1 aromatic carbocycles. The number of hydrogen-bond acceptors (Lipinski definition) is 2. The lowest BCUT2D eigenvalue weighted by Gasteiger charge is -2.54. The fourth-order valence-electron chi connectivity index (χ4n) is 6.50. The van der Waals surface area contributed by atoms with Crippen molar-refractivity contribution >= 4 is 6.03 Å². The maximum Gasteiger partial charge on any atom is 0.317 e. The standard InChI is InChI=1S/C23H33N3O/c27-23(24-22-20-13-18-12-19(15-20)16-21(22)14-18)26-10-8-25(9-11-26)7-6-17-4-2-1-3-5-17/h1-5,18-22H,6-16H2,(H,24,27). The molecule has 0 atom stereocenters. The van der Waals surface area contributed by atoms with Gasteiger partial charge in [0.25, 0.3) is 0 Å². The van der Waals surface area contributed by atoms with Crippen LogP contribution in [0.1, 0.15) is 37.7 Å². The molecule has 5 aliphatic rings. The van der Waals surface area contributed by atoms with Gasteiger partial charge in [0.2, 0.25) is 0 Å². The Balaban J connectivity index is 1.09. The Morgan fingerprint density at radius 2 is 1.52 bits per heavy atom. The topological polar surface area (TPSA) is 35.6 Å². The number of urea groups is 1. The van der Waals surface area contributed by atoms with Gasteiger partial charge in [0.1, 0.15) is 0 Å². The molecule has 5 fully saturated rings. The first-order valence-corrected chi connectivity index (χ1v) is 11.1. The monoisotopic (exact) mass is 367 g/mol. The van der Waals surface area contributed by atoms with E-state index in [1.165, 1.54) is 37.7 Å². The van der Waals surface area contributed by atoms with Crippen LogP contribution in [0.15, 0.2) is 30.3 Å². The number of hydrogen-bond donors (Lipinski definition) is 1. The van der Waals surface area contributed by atoms with Crippen molar-refractivity contribution in [1.29, 1.82) is 0 Å². The third-order valence-electron chi connectivity index (χ3n) is 7.74. The largest absolute Gasteiger partial charge is 0.335 e. The van der Waals surface area contributed by atoms with Crippen LogP contribution in [0.3, 0.4) is 0 Å². The Hall–Kier alpha value is -1.55. The highest BCUT2D eigenvalue weighted by molar-refractivity contribution is 5.74. The van der Waals surface area contributed by atoms with E-state index in [1.54, 1.807) is 0 Å². The van der Waals surface area contributed by atoms with Crippen LogP contribution in [0.5, 0.6) is 0 Å². The second-order valence-electron chi connectivity index (χ2n) is 9.47. The van der Waals surface area contributed by atoms with Gasteiger partial charge in [-0.15, -0.1) is 0 Å². The number of amides is 2. The zero-order valence-corrected chi connectivity index (χ0v) is 16.4. The Labute approximate surface area is 163 Å². The minimum absolute atomic E-state index is 0.204. The lowest BCUT2D eigenvalue weighted by atomic mass is 9.54. The SMILES string of the molecule is O=C(NC1C2CC3CC(C2)CC1C3)N1CCN(CCc2ccccc2)CC1. The van der Waals surface area contributed by atoms with Crippen LogP contribution in [0.25, 0.3) is 0 Å². The highest BCUT2D eigenvalue weighted by Gasteiger charge is 2.48. The molecule has 0 aromatic heterocycles. The van der Waals surface area contributed by atoms with Gasteiger partial charge in [-0.25, -0.2) is 4.79 Å². The van der Waals surface area contributed by atoms with Crippen molar-refractivity contribution in [2.45, 2.75) is 44.6 Å². The fraction of sp³-hybridized carbons (Fsp3) is 0.696. The molecule has 0 radical (unpaired) electrons. The summed E-state index contributed by atoms with van der Waals surface area (Å²) in [7, 11) is 0. The second-order valence-corrected chi connectivity index (χ2v) is 9.47. The summed E-state index contributed by atoms with van der Waals surface area (Å²) < 4.78 is 0. The highest BCUT2D eigenvalue weighted by Crippen LogP contribution is 2.53. The Morgan fingerprint density at radius 3 is 2.15 bits per heavy atom. The van der Waals surface area contributed by atoms with Gasteiger partial charge < -0.3 is 10.2 Å². The van der Waals surface area contributed by atoms with Gasteiger partial charge in [0.05, 0.1) is 0 Å². The first kappa shape index (κ1) is 17.5. The number of piperazine rings is 1. The highest BCUT2D eigenvalue weighted by atomic mass is 16.2. The van der Waals surface area contributed by atoms with Crippen LogP contribution in [-0.4, -0.2) is 54.6 Å². The van der Waals surface area contributed by atoms with Crippen molar-refractivity contribution < 1.29 is 4.79 Å². The van der Waals surface area contributed by atoms with Gasteiger partial charge in [-0.05, 0) is 67.8 Å². The summed E-state index contributed by atoms with van der Waals surface area (Å²) in [6.45, 7) is 4.83. The molecular weight excluding hydrogens is 334 g/mol. The minimum atomic E-state index is 0.204. The van der Waals surface area contributed by atoms with Crippen LogP contribution in [0, 0.1) is 23.7 Å². The normalized spacial score (nSPS) is 35.4. The molecule has 6 rings (SSSR count). The summed E-state index contributed by atoms with van der Waals surface area (Å²) >= 11 is 0. The van der Waals surface area contributed by atoms with Crippen molar-refractivity contribution in [3.05, 3.63) is 35.9 Å². The smallest absolute Gasteiger partial charge is 0.317 e. The van der Waals surface area contributed by atoms with Crippen molar-refractivity contribution in [2.24, 2.45) is 23.7 Å². The summed E-state index contributed by atoms with van der Waals surface area (Å²) in [5, 5.41) is 3.47. The molecule has 1 aromatic rings. The van der Waals surface area contributed by atoms with Crippen molar-refractivity contribution in [2.75, 3.05) is 32.7 Å². The van der Waals surface area contributed by atoms with Gasteiger partial charge in [0.15, 0.2) is 0 Å². The molecular formula is C23H33N3O. The van der Waals surface area contributed by atoms with E-state index in [2.05, 4.69) is 45.4 Å². The number of rotatable bonds is 4. The van der Waals surface area contributed by atoms with Gasteiger partial charge in [-0.1, -0.05) is 30.3 Å². The first-order valence-electron chi connectivity index (χ1n) is 11.1. The van der Waals surface area contributed by atoms with Crippen LogP contribution in [0.2, 0.25) is 0 Å². The van der Waals surface area contributed by atoms with E-state index >= 15 is 0 Å². The maximum atomic E-state index is 12.9. The molecule has 0 spiro atoms. The molecule has 4 heteroatoms. The van der Waals surface area contributed by atoms with E-state index in [4.69, 9.17) is 0 Å². The number of nitrogens with zero attached hydrogens (tertiary/aromatic N) is 2. The number of carbonyl (C=O) groups excluding carboxylic acids is 1. The quantitative estimate of drug-likeness (QED) is 0.885. The molecule has 1 N–H and O–H groups in total. The summed E-state index contributed by atoms with van der Waals surface area (Å²) in [4.78, 5) is 17.4. The molecule has 4 aliphatic carbocycles. The van der Waals surface area contributed by atoms with Gasteiger partial charge in [-0.3, -0.25) is 4.90 Å². The van der Waals surface area contributed by atoms with E-state index in [0.29, 0.717) is 6.04 Å². The van der Waals surface area contributed by atoms with Gasteiger partial charge in [-0.2, -0.15) is 0 Å². The average Bonchev–Trinajstić information content (AvgIpc) is 2.70. The average molecular weight is 368 g/mol. The van der Waals surface area contributed by atoms with Crippen molar-refractivity contribution in [3.8, 4) is 0 Å². The summed E-state index contributed by atoms with van der Waals surface area (Å²) in [6.07, 6.45) is 8.03. The molecule has 4 nitrogen and oxygen atoms in total. The molecule has 4 bridgehead atoms. The zero-order chi connectivity index (χ0) is 18.2. The number of nitrogens with one attached hydrogen (secondary N) is 1. The van der Waals surface area contributed by atoms with Crippen molar-refractivity contribution in [3.63, 3.8) is 0 Å². The Morgan fingerprint density at radius 1 is 0.889 bits per heavy atom. The van der Waals surface area contributed by atoms with Gasteiger partial charge >= 0.3 is 6.03 Å². The van der Waals surface area contributed by atoms with E-state index in [-0.39, 0.29) is 6.03 Å². The van der Waals surface area contributed by atoms with Gasteiger partial charge in [0, 0.05) is 38.8 Å². The van der Waals surface area contributed by atoms with Crippen LogP contribution in [-0.2, 0) is 6.42 Å². The lowest BCUT2D eigenvalue weighted by molar-refractivity contribution is -0.0116. The Bertz CT molecular complexity index is 625. The molecule has 1 heterocycles. The molecule has 4 saturated carbocycles. The second kappa shape index (κ2) is 7.46. The summed E-state index contributed by atoms with van der Waals surface area (Å²) in [6, 6.07) is 11.4. The van der Waals surface area contributed by atoms with E-state index < -0.39 is 0 Å².